The molecule has 2 aromatic heterocycles. The lowest BCUT2D eigenvalue weighted by Gasteiger charge is -2.10. The van der Waals surface area contributed by atoms with Gasteiger partial charge in [-0.2, -0.15) is 13.9 Å². The molecule has 2 N–H and O–H groups in total. The fourth-order valence-electron chi connectivity index (χ4n) is 1.67. The molecular formula is C11H11ClF2N4O2. The predicted octanol–water partition coefficient (Wildman–Crippen LogP) is 1.05. The summed E-state index contributed by atoms with van der Waals surface area (Å²) in [6, 6.07) is 2.37. The van der Waals surface area contributed by atoms with E-state index in [1.165, 1.54) is 13.0 Å². The van der Waals surface area contributed by atoms with Crippen molar-refractivity contribution in [3.63, 3.8) is 0 Å². The number of hydrogen-bond acceptors (Lipinski definition) is 4. The van der Waals surface area contributed by atoms with Crippen LogP contribution in [0.3, 0.4) is 0 Å². The Bertz CT molecular complexity index is 654. The first kappa shape index (κ1) is 14.6. The van der Waals surface area contributed by atoms with E-state index in [1.54, 1.807) is 0 Å². The minimum absolute atomic E-state index is 0.0394. The Balaban J connectivity index is 2.51. The molecule has 2 heterocycles. The second-order valence-electron chi connectivity index (χ2n) is 4.06. The van der Waals surface area contributed by atoms with Gasteiger partial charge in [0.05, 0.1) is 6.61 Å². The molecule has 108 valence electrons. The van der Waals surface area contributed by atoms with Crippen LogP contribution in [0.1, 0.15) is 21.9 Å². The number of aliphatic hydroxyl groups excluding tert-OH is 1. The molecule has 0 aromatic carbocycles. The van der Waals surface area contributed by atoms with Crippen molar-refractivity contribution in [2.24, 2.45) is 0 Å². The van der Waals surface area contributed by atoms with Gasteiger partial charge in [-0.3, -0.25) is 4.79 Å². The van der Waals surface area contributed by atoms with Gasteiger partial charge < -0.3 is 10.4 Å². The van der Waals surface area contributed by atoms with Crippen LogP contribution in [0.4, 0.5) is 8.78 Å². The van der Waals surface area contributed by atoms with E-state index in [0.717, 1.165) is 10.6 Å². The van der Waals surface area contributed by atoms with Gasteiger partial charge in [-0.25, -0.2) is 9.50 Å². The largest absolute Gasteiger partial charge is 0.395 e. The Kier molecular flexibility index (Phi) is 3.87. The van der Waals surface area contributed by atoms with Crippen molar-refractivity contribution in [3.8, 4) is 0 Å². The Labute approximate surface area is 117 Å². The van der Waals surface area contributed by atoms with E-state index in [-0.39, 0.29) is 24.5 Å². The molecule has 0 saturated carbocycles. The van der Waals surface area contributed by atoms with Crippen molar-refractivity contribution in [2.75, 3.05) is 13.2 Å². The number of aliphatic hydroxyl groups is 1. The lowest BCUT2D eigenvalue weighted by molar-refractivity contribution is 0.0864. The van der Waals surface area contributed by atoms with Crippen molar-refractivity contribution in [1.29, 1.82) is 0 Å². The zero-order valence-electron chi connectivity index (χ0n) is 10.4. The van der Waals surface area contributed by atoms with Gasteiger partial charge in [0.2, 0.25) is 0 Å². The average Bonchev–Trinajstić information content (AvgIpc) is 2.77. The number of amides is 1. The van der Waals surface area contributed by atoms with Crippen molar-refractivity contribution < 1.29 is 18.7 Å². The van der Waals surface area contributed by atoms with Crippen LogP contribution in [0.5, 0.6) is 0 Å². The second kappa shape index (κ2) is 5.29. The molecule has 20 heavy (non-hydrogen) atoms. The molecule has 2 aromatic rings. The van der Waals surface area contributed by atoms with Gasteiger partial charge in [0.25, 0.3) is 5.91 Å². The van der Waals surface area contributed by atoms with E-state index >= 15 is 0 Å². The molecule has 6 nitrogen and oxygen atoms in total. The zero-order chi connectivity index (χ0) is 14.9. The van der Waals surface area contributed by atoms with Crippen LogP contribution in [-0.4, -0.2) is 38.8 Å². The van der Waals surface area contributed by atoms with E-state index in [2.05, 4.69) is 15.4 Å². The molecular weight excluding hydrogens is 294 g/mol. The number of carbonyl (C=O) groups excluding carboxylic acids is 1. The lowest BCUT2D eigenvalue weighted by Crippen LogP contribution is -2.26. The van der Waals surface area contributed by atoms with E-state index in [9.17, 15) is 13.6 Å². The quantitative estimate of drug-likeness (QED) is 0.828. The topological polar surface area (TPSA) is 79.5 Å². The number of aromatic nitrogens is 3. The number of hydrogen-bond donors (Lipinski definition) is 2. The van der Waals surface area contributed by atoms with E-state index in [4.69, 9.17) is 16.7 Å². The summed E-state index contributed by atoms with van der Waals surface area (Å²) in [7, 11) is 0. The molecule has 0 radical (unpaired) electrons. The predicted molar refractivity (Wildman–Crippen MR) is 66.9 cm³/mol. The Morgan fingerprint density at radius 1 is 1.55 bits per heavy atom. The molecule has 0 bridgehead atoms. The zero-order valence-corrected chi connectivity index (χ0v) is 11.2. The molecule has 0 aliphatic carbocycles. The first-order valence-electron chi connectivity index (χ1n) is 5.66. The van der Waals surface area contributed by atoms with Gasteiger partial charge in [-0.15, -0.1) is 0 Å². The monoisotopic (exact) mass is 304 g/mol. The normalized spacial score (nSPS) is 11.8. The Hall–Kier alpha value is -1.80. The number of nitrogens with zero attached hydrogens (tertiary/aromatic N) is 3. The minimum atomic E-state index is -3.63. The number of carbonyl (C=O) groups is 1. The number of alkyl halides is 3. The molecule has 9 heteroatoms. The third-order valence-electron chi connectivity index (χ3n) is 2.48. The summed E-state index contributed by atoms with van der Waals surface area (Å²) in [5.74, 6) is -0.592. The van der Waals surface area contributed by atoms with Crippen molar-refractivity contribution in [3.05, 3.63) is 29.2 Å². The van der Waals surface area contributed by atoms with Crippen LogP contribution < -0.4 is 5.32 Å². The molecule has 0 atom stereocenters. The number of nitrogens with one attached hydrogen (secondary N) is 1. The smallest absolute Gasteiger partial charge is 0.364 e. The summed E-state index contributed by atoms with van der Waals surface area (Å²) < 4.78 is 27.5. The number of halogens is 3. The van der Waals surface area contributed by atoms with Crippen LogP contribution in [0.15, 0.2) is 12.1 Å². The maximum atomic E-state index is 13.3. The van der Waals surface area contributed by atoms with Gasteiger partial charge in [-0.05, 0) is 24.6 Å². The van der Waals surface area contributed by atoms with E-state index < -0.39 is 17.0 Å². The SMILES string of the molecule is Cc1cc(C(F)(F)Cl)n2nc(C(=O)NCCO)cc2n1. The highest BCUT2D eigenvalue weighted by atomic mass is 35.5. The number of rotatable bonds is 4. The average molecular weight is 305 g/mol. The highest BCUT2D eigenvalue weighted by Crippen LogP contribution is 2.32. The van der Waals surface area contributed by atoms with Crippen LogP contribution in [0.2, 0.25) is 0 Å². The maximum absolute atomic E-state index is 13.3. The van der Waals surface area contributed by atoms with Gasteiger partial charge >= 0.3 is 5.38 Å². The summed E-state index contributed by atoms with van der Waals surface area (Å²) in [5.41, 5.74) is -0.230. The third-order valence-corrected chi connectivity index (χ3v) is 2.67. The second-order valence-corrected chi connectivity index (χ2v) is 4.53. The molecule has 0 unspecified atom stereocenters. The Morgan fingerprint density at radius 3 is 2.85 bits per heavy atom. The Morgan fingerprint density at radius 2 is 2.25 bits per heavy atom. The molecule has 0 fully saturated rings. The molecule has 1 amide bonds. The minimum Gasteiger partial charge on any atom is -0.395 e. The van der Waals surface area contributed by atoms with Crippen molar-refractivity contribution >= 4 is 23.2 Å². The summed E-state index contributed by atoms with van der Waals surface area (Å²) in [5, 5.41) is 11.1. The van der Waals surface area contributed by atoms with Crippen LogP contribution >= 0.6 is 11.6 Å². The van der Waals surface area contributed by atoms with E-state index in [1.807, 2.05) is 0 Å². The first-order valence-corrected chi connectivity index (χ1v) is 6.04. The van der Waals surface area contributed by atoms with Gasteiger partial charge in [-0.1, -0.05) is 0 Å². The summed E-state index contributed by atoms with van der Waals surface area (Å²) in [6.45, 7) is 1.34. The van der Waals surface area contributed by atoms with Gasteiger partial charge in [0, 0.05) is 18.3 Å². The van der Waals surface area contributed by atoms with Crippen LogP contribution in [0, 0.1) is 6.92 Å². The number of aryl methyl sites for hydroxylation is 1. The highest BCUT2D eigenvalue weighted by molar-refractivity contribution is 6.21. The summed E-state index contributed by atoms with van der Waals surface area (Å²) in [6.07, 6.45) is 0. The molecule has 0 saturated heterocycles. The van der Waals surface area contributed by atoms with Crippen LogP contribution in [-0.2, 0) is 5.38 Å². The first-order chi connectivity index (χ1) is 9.32. The molecule has 0 spiro atoms. The van der Waals surface area contributed by atoms with Crippen molar-refractivity contribution in [2.45, 2.75) is 12.3 Å². The lowest BCUT2D eigenvalue weighted by atomic mass is 10.3. The summed E-state index contributed by atoms with van der Waals surface area (Å²) >= 11 is 5.03. The van der Waals surface area contributed by atoms with Gasteiger partial charge in [0.15, 0.2) is 11.3 Å². The molecule has 0 aliphatic rings. The maximum Gasteiger partial charge on any atom is 0.364 e. The van der Waals surface area contributed by atoms with E-state index in [0.29, 0.717) is 5.69 Å². The van der Waals surface area contributed by atoms with Crippen LogP contribution in [0.25, 0.3) is 5.65 Å². The molecule has 0 aliphatic heterocycles. The number of fused-ring (bicyclic) bond motifs is 1. The highest BCUT2D eigenvalue weighted by Gasteiger charge is 2.32. The molecule has 2 rings (SSSR count). The fraction of sp³-hybridized carbons (Fsp3) is 0.364. The van der Waals surface area contributed by atoms with Crippen molar-refractivity contribution in [1.82, 2.24) is 19.9 Å². The summed E-state index contributed by atoms with van der Waals surface area (Å²) in [4.78, 5) is 15.7. The standard InChI is InChI=1S/C11H11ClF2N4O2/c1-6-4-8(11(12,13)14)18-9(16-6)5-7(17-18)10(20)15-2-3-19/h4-5,19H,2-3H2,1H3,(H,15,20). The third kappa shape index (κ3) is 2.86. The van der Waals surface area contributed by atoms with Gasteiger partial charge in [0.1, 0.15) is 5.69 Å². The fourth-order valence-corrected chi connectivity index (χ4v) is 1.81.